The van der Waals surface area contributed by atoms with Gasteiger partial charge in [0.2, 0.25) is 17.7 Å². The molecule has 8 nitrogen and oxygen atoms in total. The topological polar surface area (TPSA) is 107 Å². The lowest BCUT2D eigenvalue weighted by molar-refractivity contribution is -0.147. The average molecular weight is 608 g/mol. The van der Waals surface area contributed by atoms with Crippen molar-refractivity contribution in [2.75, 3.05) is 6.54 Å². The molecule has 0 saturated carbocycles. The molecule has 0 bridgehead atoms. The second-order valence-corrected chi connectivity index (χ2v) is 12.3. The molecule has 3 amide bonds. The van der Waals surface area contributed by atoms with Gasteiger partial charge in [0.05, 0.1) is 0 Å². The second-order valence-electron chi connectivity index (χ2n) is 12.3. The van der Waals surface area contributed by atoms with Crippen LogP contribution in [0.3, 0.4) is 0 Å². The van der Waals surface area contributed by atoms with E-state index in [1.165, 1.54) is 12.2 Å². The van der Waals surface area contributed by atoms with Crippen LogP contribution in [-0.2, 0) is 32.3 Å². The molecule has 2 unspecified atom stereocenters. The van der Waals surface area contributed by atoms with Crippen LogP contribution in [0, 0.1) is 5.41 Å². The quantitative estimate of drug-likeness (QED) is 0.278. The Morgan fingerprint density at radius 3 is 1.84 bits per heavy atom. The standard InChI is InChI=1S/C37H41N3O5/c1-37(2,3)34(38-32(41)22-20-27-16-18-28(19-17-27)21-23-33(42)43)36(45)40-24-10-15-31(40)35(44)39(25-29-11-6-4-7-12-29)26-30-13-8-5-9-14-30/h4-9,11-14,16-23,31,34H,10,15,24-26H2,1-3H3,(H,38,41)(H,42,43)/b22-20+,23-21+. The number of carbonyl (C=O) groups excluding carboxylic acids is 3. The Morgan fingerprint density at radius 1 is 0.844 bits per heavy atom. The molecule has 1 heterocycles. The fourth-order valence-electron chi connectivity index (χ4n) is 5.38. The maximum Gasteiger partial charge on any atom is 0.328 e. The number of hydrogen-bond acceptors (Lipinski definition) is 4. The maximum absolute atomic E-state index is 14.1. The van der Waals surface area contributed by atoms with Gasteiger partial charge in [0.1, 0.15) is 12.1 Å². The lowest BCUT2D eigenvalue weighted by Crippen LogP contribution is -2.57. The largest absolute Gasteiger partial charge is 0.478 e. The molecule has 0 aromatic heterocycles. The summed E-state index contributed by atoms with van der Waals surface area (Å²) in [6.07, 6.45) is 6.83. The lowest BCUT2D eigenvalue weighted by atomic mass is 9.85. The molecule has 3 aromatic rings. The van der Waals surface area contributed by atoms with Gasteiger partial charge in [-0.05, 0) is 52.7 Å². The van der Waals surface area contributed by atoms with Gasteiger partial charge in [-0.2, -0.15) is 0 Å². The van der Waals surface area contributed by atoms with Crippen molar-refractivity contribution in [1.82, 2.24) is 15.1 Å². The summed E-state index contributed by atoms with van der Waals surface area (Å²) in [5.41, 5.74) is 2.88. The van der Waals surface area contributed by atoms with E-state index in [0.717, 1.165) is 28.3 Å². The Labute approximate surface area is 265 Å². The fourth-order valence-corrected chi connectivity index (χ4v) is 5.38. The minimum atomic E-state index is -1.03. The van der Waals surface area contributed by atoms with Crippen LogP contribution in [0.4, 0.5) is 0 Å². The Bertz CT molecular complexity index is 1480. The summed E-state index contributed by atoms with van der Waals surface area (Å²) in [5, 5.41) is 11.7. The minimum Gasteiger partial charge on any atom is -0.478 e. The van der Waals surface area contributed by atoms with Gasteiger partial charge in [-0.3, -0.25) is 14.4 Å². The fraction of sp³-hybridized carbons (Fsp3) is 0.297. The molecule has 1 fully saturated rings. The van der Waals surface area contributed by atoms with E-state index in [2.05, 4.69) is 5.32 Å². The minimum absolute atomic E-state index is 0.103. The number of carboxylic acids is 1. The number of rotatable bonds is 11. The smallest absolute Gasteiger partial charge is 0.328 e. The summed E-state index contributed by atoms with van der Waals surface area (Å²) < 4.78 is 0. The van der Waals surface area contributed by atoms with E-state index in [4.69, 9.17) is 5.11 Å². The van der Waals surface area contributed by atoms with Gasteiger partial charge < -0.3 is 20.2 Å². The first-order valence-electron chi connectivity index (χ1n) is 15.2. The Balaban J connectivity index is 1.48. The van der Waals surface area contributed by atoms with Gasteiger partial charge >= 0.3 is 5.97 Å². The predicted molar refractivity (Wildman–Crippen MR) is 175 cm³/mol. The van der Waals surface area contributed by atoms with Crippen LogP contribution in [0.5, 0.6) is 0 Å². The third-order valence-electron chi connectivity index (χ3n) is 7.75. The van der Waals surface area contributed by atoms with Gasteiger partial charge in [-0.1, -0.05) is 106 Å². The van der Waals surface area contributed by atoms with E-state index in [-0.39, 0.29) is 11.8 Å². The molecule has 1 aliphatic heterocycles. The number of nitrogens with zero attached hydrogens (tertiary/aromatic N) is 2. The highest BCUT2D eigenvalue weighted by atomic mass is 16.4. The van der Waals surface area contributed by atoms with Gasteiger partial charge in [-0.25, -0.2) is 4.79 Å². The van der Waals surface area contributed by atoms with Gasteiger partial charge in [0.25, 0.3) is 0 Å². The van der Waals surface area contributed by atoms with E-state index in [1.54, 1.807) is 35.2 Å². The van der Waals surface area contributed by atoms with Crippen LogP contribution in [0.1, 0.15) is 55.9 Å². The first-order valence-corrected chi connectivity index (χ1v) is 15.2. The van der Waals surface area contributed by atoms with Crippen LogP contribution >= 0.6 is 0 Å². The normalized spacial score (nSPS) is 15.7. The Morgan fingerprint density at radius 2 is 1.36 bits per heavy atom. The van der Waals surface area contributed by atoms with Crippen LogP contribution in [0.25, 0.3) is 12.2 Å². The third kappa shape index (κ3) is 9.50. The number of carbonyl (C=O) groups is 4. The Hall–Kier alpha value is -4.98. The van der Waals surface area contributed by atoms with Crippen molar-refractivity contribution < 1.29 is 24.3 Å². The molecule has 0 spiro atoms. The predicted octanol–water partition coefficient (Wildman–Crippen LogP) is 5.55. The van der Waals surface area contributed by atoms with Crippen LogP contribution < -0.4 is 5.32 Å². The monoisotopic (exact) mass is 607 g/mol. The SMILES string of the molecule is CC(C)(C)C(NC(=O)/C=C/c1ccc(/C=C/C(=O)O)cc1)C(=O)N1CCCC1C(=O)N(Cc1ccccc1)Cc1ccccc1. The van der Waals surface area contributed by atoms with Crippen molar-refractivity contribution in [3.63, 3.8) is 0 Å². The zero-order chi connectivity index (χ0) is 32.4. The van der Waals surface area contributed by atoms with Crippen molar-refractivity contribution in [1.29, 1.82) is 0 Å². The zero-order valence-electron chi connectivity index (χ0n) is 26.1. The first-order chi connectivity index (χ1) is 21.5. The molecule has 2 atom stereocenters. The summed E-state index contributed by atoms with van der Waals surface area (Å²) >= 11 is 0. The Kier molecular flexibility index (Phi) is 11.1. The number of aliphatic carboxylic acids is 1. The van der Waals surface area contributed by atoms with Crippen molar-refractivity contribution in [3.05, 3.63) is 119 Å². The number of hydrogen-bond donors (Lipinski definition) is 2. The summed E-state index contributed by atoms with van der Waals surface area (Å²) in [7, 11) is 0. The van der Waals surface area contributed by atoms with Crippen molar-refractivity contribution in [3.8, 4) is 0 Å². The number of amides is 3. The van der Waals surface area contributed by atoms with Gasteiger partial charge in [0, 0.05) is 31.8 Å². The van der Waals surface area contributed by atoms with Crippen molar-refractivity contribution in [2.45, 2.75) is 58.8 Å². The van der Waals surface area contributed by atoms with E-state index in [1.807, 2.05) is 86.3 Å². The highest BCUT2D eigenvalue weighted by molar-refractivity contribution is 5.97. The number of nitrogens with one attached hydrogen (secondary N) is 1. The van der Waals surface area contributed by atoms with Crippen LogP contribution in [0.15, 0.2) is 97.1 Å². The molecule has 2 N–H and O–H groups in total. The van der Waals surface area contributed by atoms with Crippen LogP contribution in [-0.4, -0.2) is 57.2 Å². The average Bonchev–Trinajstić information content (AvgIpc) is 3.52. The number of carboxylic acid groups (broad SMARTS) is 1. The van der Waals surface area contributed by atoms with Crippen LogP contribution in [0.2, 0.25) is 0 Å². The summed E-state index contributed by atoms with van der Waals surface area (Å²) in [5.74, 6) is -1.82. The molecule has 4 rings (SSSR count). The highest BCUT2D eigenvalue weighted by Crippen LogP contribution is 2.27. The molecular weight excluding hydrogens is 566 g/mol. The molecular formula is C37H41N3O5. The molecule has 1 aliphatic rings. The molecule has 45 heavy (non-hydrogen) atoms. The van der Waals surface area contributed by atoms with Crippen molar-refractivity contribution >= 4 is 35.8 Å². The second kappa shape index (κ2) is 15.1. The van der Waals surface area contributed by atoms with Gasteiger partial charge in [-0.15, -0.1) is 0 Å². The zero-order valence-corrected chi connectivity index (χ0v) is 26.1. The summed E-state index contributed by atoms with van der Waals surface area (Å²) in [4.78, 5) is 55.4. The summed E-state index contributed by atoms with van der Waals surface area (Å²) in [6, 6.07) is 25.2. The molecule has 0 aliphatic carbocycles. The molecule has 1 saturated heterocycles. The third-order valence-corrected chi connectivity index (χ3v) is 7.75. The van der Waals surface area contributed by atoms with E-state index >= 15 is 0 Å². The summed E-state index contributed by atoms with van der Waals surface area (Å²) in [6.45, 7) is 6.98. The van der Waals surface area contributed by atoms with E-state index < -0.39 is 29.4 Å². The lowest BCUT2D eigenvalue weighted by Gasteiger charge is -2.36. The number of likely N-dealkylation sites (tertiary alicyclic amines) is 1. The maximum atomic E-state index is 14.1. The number of benzene rings is 3. The molecule has 234 valence electrons. The van der Waals surface area contributed by atoms with Gasteiger partial charge in [0.15, 0.2) is 0 Å². The van der Waals surface area contributed by atoms with Crippen molar-refractivity contribution in [2.24, 2.45) is 5.41 Å². The molecule has 8 heteroatoms. The first kappa shape index (κ1) is 32.9. The molecule has 0 radical (unpaired) electrons. The highest BCUT2D eigenvalue weighted by Gasteiger charge is 2.42. The van der Waals surface area contributed by atoms with E-state index in [0.29, 0.717) is 32.5 Å². The van der Waals surface area contributed by atoms with E-state index in [9.17, 15) is 19.2 Å². The molecule has 3 aromatic carbocycles.